The van der Waals surface area contributed by atoms with Crippen LogP contribution in [0.4, 0.5) is 5.69 Å². The van der Waals surface area contributed by atoms with Gasteiger partial charge in [-0.15, -0.1) is 11.3 Å². The number of aromatic nitrogens is 1. The van der Waals surface area contributed by atoms with Crippen molar-refractivity contribution in [3.05, 3.63) is 111 Å². The zero-order valence-corrected chi connectivity index (χ0v) is 22.6. The van der Waals surface area contributed by atoms with E-state index in [-0.39, 0.29) is 10.7 Å². The van der Waals surface area contributed by atoms with Crippen molar-refractivity contribution in [1.82, 2.24) is 9.88 Å². The SMILES string of the molecule is N#Cc1c(-n2cccc2C=C2C(=O)NC(=S)N(c3ccc(Cc4ccccc4)cc3)C2=O)sc2c1CCCC2. The molecule has 1 aliphatic heterocycles. The summed E-state index contributed by atoms with van der Waals surface area (Å²) < 4.78 is 1.89. The van der Waals surface area contributed by atoms with Crippen molar-refractivity contribution in [3.8, 4) is 11.1 Å². The van der Waals surface area contributed by atoms with Gasteiger partial charge in [-0.1, -0.05) is 42.5 Å². The fourth-order valence-corrected chi connectivity index (χ4v) is 6.79. The normalized spacial score (nSPS) is 16.2. The average molecular weight is 549 g/mol. The van der Waals surface area contributed by atoms with E-state index in [1.54, 1.807) is 17.4 Å². The van der Waals surface area contributed by atoms with Gasteiger partial charge in [-0.2, -0.15) is 5.26 Å². The average Bonchev–Trinajstić information content (AvgIpc) is 3.56. The first-order valence-corrected chi connectivity index (χ1v) is 14.0. The third-order valence-corrected chi connectivity index (χ3v) is 8.68. The number of anilines is 1. The minimum Gasteiger partial charge on any atom is -0.308 e. The molecule has 0 atom stereocenters. The minimum atomic E-state index is -0.541. The van der Waals surface area contributed by atoms with E-state index in [0.717, 1.165) is 48.2 Å². The molecule has 0 radical (unpaired) electrons. The van der Waals surface area contributed by atoms with Crippen molar-refractivity contribution < 1.29 is 9.59 Å². The second-order valence-electron chi connectivity index (χ2n) is 9.59. The van der Waals surface area contributed by atoms with Crippen LogP contribution >= 0.6 is 23.6 Å². The molecule has 1 N–H and O–H groups in total. The molecule has 1 saturated heterocycles. The first kappa shape index (κ1) is 25.0. The summed E-state index contributed by atoms with van der Waals surface area (Å²) in [6.07, 6.45) is 8.30. The number of fused-ring (bicyclic) bond motifs is 1. The fraction of sp³-hybridized carbons (Fsp3) is 0.161. The largest absolute Gasteiger partial charge is 0.308 e. The number of carbonyl (C=O) groups is 2. The predicted octanol–water partition coefficient (Wildman–Crippen LogP) is 5.71. The van der Waals surface area contributed by atoms with Crippen molar-refractivity contribution in [2.45, 2.75) is 32.1 Å². The van der Waals surface area contributed by atoms with Crippen molar-refractivity contribution in [2.24, 2.45) is 0 Å². The van der Waals surface area contributed by atoms with Crippen molar-refractivity contribution in [3.63, 3.8) is 0 Å². The Bertz CT molecular complexity index is 1670. The van der Waals surface area contributed by atoms with Crippen molar-refractivity contribution in [1.29, 1.82) is 5.26 Å². The number of carbonyl (C=O) groups excluding carboxylic acids is 2. The first-order valence-electron chi connectivity index (χ1n) is 12.8. The maximum absolute atomic E-state index is 13.6. The Kier molecular flexibility index (Phi) is 6.69. The Balaban J connectivity index is 1.31. The number of rotatable bonds is 5. The number of nitrogens with one attached hydrogen (secondary N) is 1. The van der Waals surface area contributed by atoms with Gasteiger partial charge < -0.3 is 4.57 Å². The molecule has 0 spiro atoms. The standard InChI is InChI=1S/C31H24N4O2S2/c32-19-26-24-10-4-5-11-27(24)39-30(26)34-16-6-9-23(34)18-25-28(36)33-31(38)35(29(25)37)22-14-12-21(13-15-22)17-20-7-2-1-3-8-20/h1-3,6-9,12-16,18H,4-5,10-11,17H2,(H,33,36,38). The smallest absolute Gasteiger partial charge is 0.270 e. The lowest BCUT2D eigenvalue weighted by Gasteiger charge is -2.29. The Morgan fingerprint density at radius 1 is 0.974 bits per heavy atom. The molecular formula is C31H24N4O2S2. The van der Waals surface area contributed by atoms with E-state index < -0.39 is 11.8 Å². The van der Waals surface area contributed by atoms with E-state index in [1.807, 2.05) is 65.4 Å². The molecule has 2 aliphatic rings. The van der Waals surface area contributed by atoms with E-state index >= 15 is 0 Å². The number of hydrogen-bond acceptors (Lipinski definition) is 5. The Morgan fingerprint density at radius 2 is 1.72 bits per heavy atom. The predicted molar refractivity (Wildman–Crippen MR) is 157 cm³/mol. The summed E-state index contributed by atoms with van der Waals surface area (Å²) in [6, 6.07) is 23.8. The molecule has 4 aromatic rings. The number of benzene rings is 2. The lowest BCUT2D eigenvalue weighted by molar-refractivity contribution is -0.122. The number of nitriles is 1. The fourth-order valence-electron chi connectivity index (χ4n) is 5.17. The van der Waals surface area contributed by atoms with Crippen LogP contribution in [0.15, 0.2) is 78.5 Å². The second kappa shape index (κ2) is 10.4. The molecule has 6 rings (SSSR count). The molecule has 39 heavy (non-hydrogen) atoms. The van der Waals surface area contributed by atoms with Crippen LogP contribution in [-0.2, 0) is 28.9 Å². The van der Waals surface area contributed by atoms with E-state index in [2.05, 4.69) is 23.5 Å². The highest BCUT2D eigenvalue weighted by atomic mass is 32.1. The molecule has 2 aromatic carbocycles. The Morgan fingerprint density at radius 3 is 2.49 bits per heavy atom. The molecular weight excluding hydrogens is 525 g/mol. The van der Waals surface area contributed by atoms with E-state index in [0.29, 0.717) is 16.9 Å². The third-order valence-electron chi connectivity index (χ3n) is 7.10. The van der Waals surface area contributed by atoms with Gasteiger partial charge in [0.05, 0.1) is 11.3 Å². The summed E-state index contributed by atoms with van der Waals surface area (Å²) in [4.78, 5) is 29.2. The van der Waals surface area contributed by atoms with Crippen LogP contribution < -0.4 is 10.2 Å². The maximum Gasteiger partial charge on any atom is 0.270 e. The highest BCUT2D eigenvalue weighted by Crippen LogP contribution is 2.37. The second-order valence-corrected chi connectivity index (χ2v) is 11.1. The van der Waals surface area contributed by atoms with Crippen molar-refractivity contribution in [2.75, 3.05) is 4.90 Å². The topological polar surface area (TPSA) is 78.1 Å². The van der Waals surface area contributed by atoms with Gasteiger partial charge >= 0.3 is 0 Å². The number of hydrogen-bond donors (Lipinski definition) is 1. The molecule has 0 bridgehead atoms. The van der Waals surface area contributed by atoms with E-state index in [1.165, 1.54) is 15.3 Å². The zero-order chi connectivity index (χ0) is 26.9. The molecule has 6 nitrogen and oxygen atoms in total. The lowest BCUT2D eigenvalue weighted by atomic mass is 9.96. The summed E-state index contributed by atoms with van der Waals surface area (Å²) in [5.41, 5.74) is 5.33. The lowest BCUT2D eigenvalue weighted by Crippen LogP contribution is -2.54. The molecule has 1 fully saturated rings. The van der Waals surface area contributed by atoms with Gasteiger partial charge in [0.2, 0.25) is 0 Å². The molecule has 1 aliphatic carbocycles. The molecule has 192 valence electrons. The molecule has 2 amide bonds. The van der Waals surface area contributed by atoms with Gasteiger partial charge in [0, 0.05) is 16.8 Å². The molecule has 8 heteroatoms. The van der Waals surface area contributed by atoms with Gasteiger partial charge in [-0.25, -0.2) is 0 Å². The van der Waals surface area contributed by atoms with E-state index in [4.69, 9.17) is 12.2 Å². The highest BCUT2D eigenvalue weighted by molar-refractivity contribution is 7.80. The molecule has 2 aromatic heterocycles. The van der Waals surface area contributed by atoms with Gasteiger partial charge in [-0.05, 0) is 91.4 Å². The monoisotopic (exact) mass is 548 g/mol. The number of amides is 2. The van der Waals surface area contributed by atoms with Gasteiger partial charge in [0.15, 0.2) is 5.11 Å². The summed E-state index contributed by atoms with van der Waals surface area (Å²) in [7, 11) is 0. The maximum atomic E-state index is 13.6. The highest BCUT2D eigenvalue weighted by Gasteiger charge is 2.35. The van der Waals surface area contributed by atoms with Crippen LogP contribution in [0.25, 0.3) is 11.1 Å². The number of thiocarbonyl (C=S) groups is 1. The van der Waals surface area contributed by atoms with E-state index in [9.17, 15) is 14.9 Å². The van der Waals surface area contributed by atoms with Gasteiger partial charge in [0.1, 0.15) is 16.6 Å². The number of thiophene rings is 1. The number of nitrogens with zero attached hydrogens (tertiary/aromatic N) is 3. The quantitative estimate of drug-likeness (QED) is 0.197. The van der Waals surface area contributed by atoms with Crippen LogP contribution in [0, 0.1) is 11.3 Å². The molecule has 3 heterocycles. The zero-order valence-electron chi connectivity index (χ0n) is 21.0. The van der Waals surface area contributed by atoms with Crippen LogP contribution in [0.1, 0.15) is 45.7 Å². The summed E-state index contributed by atoms with van der Waals surface area (Å²) in [5, 5.41) is 13.5. The van der Waals surface area contributed by atoms with Crippen LogP contribution in [0.3, 0.4) is 0 Å². The van der Waals surface area contributed by atoms with Crippen LogP contribution in [-0.4, -0.2) is 21.5 Å². The Hall–Kier alpha value is -4.32. The van der Waals surface area contributed by atoms with Crippen LogP contribution in [0.2, 0.25) is 0 Å². The number of aryl methyl sites for hydroxylation is 1. The third kappa shape index (κ3) is 4.71. The Labute approximate surface area is 235 Å². The molecule has 0 saturated carbocycles. The summed E-state index contributed by atoms with van der Waals surface area (Å²) in [5.74, 6) is -1.03. The van der Waals surface area contributed by atoms with Crippen molar-refractivity contribution >= 4 is 52.2 Å². The van der Waals surface area contributed by atoms with Crippen LogP contribution in [0.5, 0.6) is 0 Å². The minimum absolute atomic E-state index is 0.0169. The summed E-state index contributed by atoms with van der Waals surface area (Å²) >= 11 is 7.01. The van der Waals surface area contributed by atoms with Gasteiger partial charge in [0.25, 0.3) is 11.8 Å². The molecule has 0 unspecified atom stereocenters. The summed E-state index contributed by atoms with van der Waals surface area (Å²) in [6.45, 7) is 0. The first-order chi connectivity index (χ1) is 19.0. The van der Waals surface area contributed by atoms with Gasteiger partial charge in [-0.3, -0.25) is 19.8 Å².